The van der Waals surface area contributed by atoms with E-state index in [1.54, 1.807) is 0 Å². The molecular weight excluding hydrogens is 252 g/mol. The van der Waals surface area contributed by atoms with Crippen molar-refractivity contribution >= 4 is 23.9 Å². The number of carbonyl (C=O) groups is 4. The quantitative estimate of drug-likeness (QED) is 0.224. The van der Waals surface area contributed by atoms with Gasteiger partial charge in [-0.1, -0.05) is 0 Å². The summed E-state index contributed by atoms with van der Waals surface area (Å²) >= 11 is 0. The molecule has 2 atom stereocenters. The van der Waals surface area contributed by atoms with E-state index in [1.807, 2.05) is 0 Å². The first kappa shape index (κ1) is 18.2. The molecule has 0 aliphatic rings. The van der Waals surface area contributed by atoms with Gasteiger partial charge in [0, 0.05) is 0 Å². The lowest BCUT2D eigenvalue weighted by molar-refractivity contribution is -0.160. The van der Waals surface area contributed by atoms with Gasteiger partial charge >= 0.3 is 23.9 Å². The van der Waals surface area contributed by atoms with Crippen molar-refractivity contribution in [1.29, 1.82) is 0 Å². The molecule has 0 saturated carbocycles. The fraction of sp³-hybridized carbons (Fsp3) is 0.500. The molecule has 0 amide bonds. The van der Waals surface area contributed by atoms with Crippen LogP contribution in [0.4, 0.5) is 0 Å². The van der Waals surface area contributed by atoms with Gasteiger partial charge in [0.25, 0.3) is 0 Å². The van der Waals surface area contributed by atoms with Crippen molar-refractivity contribution in [3.05, 3.63) is 0 Å². The van der Waals surface area contributed by atoms with Crippen LogP contribution in [0.15, 0.2) is 0 Å². The lowest BCUT2D eigenvalue weighted by atomic mass is 9.87. The van der Waals surface area contributed by atoms with Crippen LogP contribution in [-0.4, -0.2) is 44.3 Å². The maximum Gasteiger partial charge on any atom is 0.307 e. The van der Waals surface area contributed by atoms with Crippen LogP contribution in [0.3, 0.4) is 0 Å². The first-order chi connectivity index (χ1) is 8.25. The third-order valence-corrected chi connectivity index (χ3v) is 1.91. The molecule has 0 rings (SSSR count). The van der Waals surface area contributed by atoms with E-state index in [-0.39, 0.29) is 0 Å². The Bertz CT molecular complexity index is 297. The van der Waals surface area contributed by atoms with E-state index in [0.29, 0.717) is 0 Å². The van der Waals surface area contributed by atoms with E-state index in [2.05, 4.69) is 11.7 Å². The van der Waals surface area contributed by atoms with Gasteiger partial charge in [0.2, 0.25) is 0 Å². The Balaban J connectivity index is 0. The highest BCUT2D eigenvalue weighted by Gasteiger charge is 2.36. The second kappa shape index (κ2) is 8.90. The van der Waals surface area contributed by atoms with E-state index in [9.17, 15) is 19.2 Å². The summed E-state index contributed by atoms with van der Waals surface area (Å²) in [7, 11) is 0. The van der Waals surface area contributed by atoms with Crippen LogP contribution in [0, 0.1) is 11.8 Å². The number of carboxylic acids is 4. The van der Waals surface area contributed by atoms with Crippen molar-refractivity contribution in [1.82, 2.24) is 0 Å². The molecule has 2 unspecified atom stereocenters. The van der Waals surface area contributed by atoms with Gasteiger partial charge in [0.05, 0.1) is 24.7 Å². The van der Waals surface area contributed by atoms with Gasteiger partial charge in [0.15, 0.2) is 0 Å². The number of carboxylic acid groups (broad SMARTS) is 4. The molecule has 0 aromatic carbocycles. The molecule has 0 aliphatic heterocycles. The van der Waals surface area contributed by atoms with Gasteiger partial charge in [-0.3, -0.25) is 30.9 Å². The SMILES string of the molecule is NN.O=C(O)CC(C(=O)O)C(CC(=O)O)C(=O)O. The highest BCUT2D eigenvalue weighted by molar-refractivity contribution is 5.86. The Labute approximate surface area is 101 Å². The second-order valence-corrected chi connectivity index (χ2v) is 3.09. The summed E-state index contributed by atoms with van der Waals surface area (Å²) in [5, 5.41) is 34.1. The predicted molar refractivity (Wildman–Crippen MR) is 55.1 cm³/mol. The Morgan fingerprint density at radius 3 is 1.06 bits per heavy atom. The molecule has 0 radical (unpaired) electrons. The fourth-order valence-corrected chi connectivity index (χ4v) is 1.18. The molecular formula is C8H14N2O8. The molecule has 0 aliphatic carbocycles. The molecule has 104 valence electrons. The summed E-state index contributed by atoms with van der Waals surface area (Å²) in [5.74, 6) is -1.79. The number of hydrazine groups is 1. The average molecular weight is 266 g/mol. The minimum absolute atomic E-state index is 0.931. The van der Waals surface area contributed by atoms with Crippen LogP contribution in [0.2, 0.25) is 0 Å². The van der Waals surface area contributed by atoms with E-state index < -0.39 is 48.6 Å². The fourth-order valence-electron chi connectivity index (χ4n) is 1.18. The molecule has 0 heterocycles. The Hall–Kier alpha value is -2.20. The zero-order chi connectivity index (χ0) is 14.9. The minimum Gasteiger partial charge on any atom is -0.481 e. The van der Waals surface area contributed by atoms with E-state index in [1.165, 1.54) is 0 Å². The lowest BCUT2D eigenvalue weighted by Gasteiger charge is -2.16. The third-order valence-electron chi connectivity index (χ3n) is 1.91. The Morgan fingerprint density at radius 1 is 0.722 bits per heavy atom. The average Bonchev–Trinajstić information content (AvgIpc) is 2.24. The standard InChI is InChI=1S/C8H10O8.H4N2/c9-5(10)1-3(7(13)14)4(8(15)16)2-6(11)12;1-2/h3-4H,1-2H2,(H,9,10)(H,11,12)(H,13,14)(H,15,16);1-2H2. The van der Waals surface area contributed by atoms with Gasteiger partial charge < -0.3 is 20.4 Å². The highest BCUT2D eigenvalue weighted by Crippen LogP contribution is 2.20. The first-order valence-corrected chi connectivity index (χ1v) is 4.48. The monoisotopic (exact) mass is 266 g/mol. The van der Waals surface area contributed by atoms with Crippen molar-refractivity contribution in [3.63, 3.8) is 0 Å². The van der Waals surface area contributed by atoms with Crippen molar-refractivity contribution in [2.75, 3.05) is 0 Å². The number of hydrogen-bond acceptors (Lipinski definition) is 6. The Kier molecular flexibility index (Phi) is 8.98. The van der Waals surface area contributed by atoms with Crippen molar-refractivity contribution < 1.29 is 39.6 Å². The summed E-state index contributed by atoms with van der Waals surface area (Å²) in [6.07, 6.45) is -1.86. The number of hydrogen-bond donors (Lipinski definition) is 6. The number of aliphatic carboxylic acids is 4. The van der Waals surface area contributed by atoms with E-state index >= 15 is 0 Å². The summed E-state index contributed by atoms with van der Waals surface area (Å²) in [4.78, 5) is 41.9. The second-order valence-electron chi connectivity index (χ2n) is 3.09. The molecule has 0 bridgehead atoms. The molecule has 0 aromatic rings. The molecule has 0 spiro atoms. The maximum atomic E-state index is 10.6. The van der Waals surface area contributed by atoms with Gasteiger partial charge in [-0.25, -0.2) is 0 Å². The summed E-state index contributed by atoms with van der Waals surface area (Å²) in [6.45, 7) is 0. The number of rotatable bonds is 7. The van der Waals surface area contributed by atoms with E-state index in [4.69, 9.17) is 20.4 Å². The van der Waals surface area contributed by atoms with Crippen molar-refractivity contribution in [2.45, 2.75) is 12.8 Å². The number of nitrogens with two attached hydrogens (primary N) is 2. The van der Waals surface area contributed by atoms with Gasteiger partial charge in [0.1, 0.15) is 0 Å². The molecule has 10 nitrogen and oxygen atoms in total. The summed E-state index contributed by atoms with van der Waals surface area (Å²) in [6, 6.07) is 0. The van der Waals surface area contributed by atoms with E-state index in [0.717, 1.165) is 0 Å². The molecule has 18 heavy (non-hydrogen) atoms. The smallest absolute Gasteiger partial charge is 0.307 e. The first-order valence-electron chi connectivity index (χ1n) is 4.48. The molecule has 0 aromatic heterocycles. The van der Waals surface area contributed by atoms with Gasteiger partial charge in [-0.05, 0) is 0 Å². The summed E-state index contributed by atoms with van der Waals surface area (Å²) in [5.41, 5.74) is 0. The molecule has 8 N–H and O–H groups in total. The topological polar surface area (TPSA) is 201 Å². The highest BCUT2D eigenvalue weighted by atomic mass is 16.4. The van der Waals surface area contributed by atoms with Gasteiger partial charge in [-0.15, -0.1) is 0 Å². The largest absolute Gasteiger partial charge is 0.481 e. The lowest BCUT2D eigenvalue weighted by Crippen LogP contribution is -2.33. The van der Waals surface area contributed by atoms with Crippen LogP contribution in [0.1, 0.15) is 12.8 Å². The van der Waals surface area contributed by atoms with Crippen LogP contribution >= 0.6 is 0 Å². The normalized spacial score (nSPS) is 12.6. The van der Waals surface area contributed by atoms with Crippen LogP contribution in [0.5, 0.6) is 0 Å². The van der Waals surface area contributed by atoms with Crippen LogP contribution < -0.4 is 11.7 Å². The zero-order valence-electron chi connectivity index (χ0n) is 9.15. The predicted octanol–water partition coefficient (Wildman–Crippen LogP) is -1.84. The van der Waals surface area contributed by atoms with Crippen LogP contribution in [-0.2, 0) is 19.2 Å². The van der Waals surface area contributed by atoms with Crippen LogP contribution in [0.25, 0.3) is 0 Å². The molecule has 0 fully saturated rings. The molecule has 10 heteroatoms. The minimum atomic E-state index is -1.76. The third kappa shape index (κ3) is 7.14. The molecule has 0 saturated heterocycles. The van der Waals surface area contributed by atoms with Gasteiger partial charge in [-0.2, -0.15) is 0 Å². The summed E-state index contributed by atoms with van der Waals surface area (Å²) < 4.78 is 0. The van der Waals surface area contributed by atoms with Crippen molar-refractivity contribution in [2.24, 2.45) is 23.5 Å². The Morgan fingerprint density at radius 2 is 0.944 bits per heavy atom. The van der Waals surface area contributed by atoms with Crippen molar-refractivity contribution in [3.8, 4) is 0 Å². The zero-order valence-corrected chi connectivity index (χ0v) is 9.15. The maximum absolute atomic E-state index is 10.6.